The van der Waals surface area contributed by atoms with Crippen molar-refractivity contribution in [3.63, 3.8) is 0 Å². The van der Waals surface area contributed by atoms with Crippen LogP contribution in [0.25, 0.3) is 0 Å². The molecule has 1 amide bonds. The van der Waals surface area contributed by atoms with Gasteiger partial charge in [-0.1, -0.05) is 18.2 Å². The Morgan fingerprint density at radius 3 is 2.55 bits per heavy atom. The molecule has 5 nitrogen and oxygen atoms in total. The van der Waals surface area contributed by atoms with Crippen LogP contribution < -0.4 is 4.90 Å². The van der Waals surface area contributed by atoms with Crippen molar-refractivity contribution in [3.05, 3.63) is 29.8 Å². The van der Waals surface area contributed by atoms with Crippen molar-refractivity contribution in [2.75, 3.05) is 11.4 Å². The molecule has 1 aromatic carbocycles. The van der Waals surface area contributed by atoms with Gasteiger partial charge < -0.3 is 9.84 Å². The molecule has 0 saturated heterocycles. The second kappa shape index (κ2) is 5.15. The van der Waals surface area contributed by atoms with Gasteiger partial charge in [-0.15, -0.1) is 0 Å². The van der Waals surface area contributed by atoms with E-state index in [1.165, 1.54) is 4.90 Å². The molecule has 1 heterocycles. The normalized spacial score (nSPS) is 18.4. The number of carbonyl (C=O) groups excluding carboxylic acids is 1. The molecule has 20 heavy (non-hydrogen) atoms. The van der Waals surface area contributed by atoms with Crippen LogP contribution in [-0.4, -0.2) is 29.3 Å². The van der Waals surface area contributed by atoms with Crippen LogP contribution in [0.1, 0.15) is 26.3 Å². The van der Waals surface area contributed by atoms with Crippen molar-refractivity contribution in [1.29, 1.82) is 0 Å². The highest BCUT2D eigenvalue weighted by Gasteiger charge is 2.34. The number of ether oxygens (including phenoxy) is 1. The number of para-hydroxylation sites is 1. The zero-order valence-corrected chi connectivity index (χ0v) is 11.9. The third-order valence-corrected chi connectivity index (χ3v) is 3.11. The first-order chi connectivity index (χ1) is 9.28. The minimum Gasteiger partial charge on any atom is -0.481 e. The number of amides is 1. The van der Waals surface area contributed by atoms with Gasteiger partial charge in [0.05, 0.1) is 11.6 Å². The summed E-state index contributed by atoms with van der Waals surface area (Å²) in [5.41, 5.74) is 0.985. The molecule has 1 atom stereocenters. The number of hydrogen-bond acceptors (Lipinski definition) is 3. The fourth-order valence-electron chi connectivity index (χ4n) is 2.25. The Morgan fingerprint density at radius 1 is 1.30 bits per heavy atom. The van der Waals surface area contributed by atoms with Gasteiger partial charge >= 0.3 is 12.1 Å². The van der Waals surface area contributed by atoms with Crippen molar-refractivity contribution in [2.24, 2.45) is 5.92 Å². The first-order valence-corrected chi connectivity index (χ1v) is 6.59. The Balaban J connectivity index is 2.31. The largest absolute Gasteiger partial charge is 0.481 e. The van der Waals surface area contributed by atoms with E-state index in [2.05, 4.69) is 0 Å². The Hall–Kier alpha value is -2.04. The van der Waals surface area contributed by atoms with Crippen LogP contribution in [0.3, 0.4) is 0 Å². The Bertz CT molecular complexity index is 533. The number of carboxylic acid groups (broad SMARTS) is 1. The van der Waals surface area contributed by atoms with Crippen molar-refractivity contribution in [2.45, 2.75) is 32.8 Å². The fraction of sp³-hybridized carbons (Fsp3) is 0.467. The van der Waals surface area contributed by atoms with Gasteiger partial charge in [-0.25, -0.2) is 4.79 Å². The Morgan fingerprint density at radius 2 is 1.95 bits per heavy atom. The van der Waals surface area contributed by atoms with Gasteiger partial charge in [-0.05, 0) is 38.8 Å². The Kier molecular flexibility index (Phi) is 3.70. The number of hydrogen-bond donors (Lipinski definition) is 1. The molecule has 0 radical (unpaired) electrons. The highest BCUT2D eigenvalue weighted by atomic mass is 16.6. The van der Waals surface area contributed by atoms with Crippen LogP contribution in [-0.2, 0) is 16.0 Å². The maximum Gasteiger partial charge on any atom is 0.414 e. The van der Waals surface area contributed by atoms with Crippen LogP contribution in [0.5, 0.6) is 0 Å². The molecule has 1 aliphatic rings. The summed E-state index contributed by atoms with van der Waals surface area (Å²) in [6, 6.07) is 7.34. The summed E-state index contributed by atoms with van der Waals surface area (Å²) in [5, 5.41) is 9.22. The lowest BCUT2D eigenvalue weighted by molar-refractivity contribution is -0.141. The topological polar surface area (TPSA) is 66.8 Å². The lowest BCUT2D eigenvalue weighted by Gasteiger charge is -2.34. The van der Waals surface area contributed by atoms with Crippen LogP contribution in [0.4, 0.5) is 10.5 Å². The summed E-state index contributed by atoms with van der Waals surface area (Å²) < 4.78 is 5.36. The van der Waals surface area contributed by atoms with Crippen LogP contribution in [0.15, 0.2) is 24.3 Å². The summed E-state index contributed by atoms with van der Waals surface area (Å²) in [7, 11) is 0. The van der Waals surface area contributed by atoms with Crippen molar-refractivity contribution in [1.82, 2.24) is 0 Å². The van der Waals surface area contributed by atoms with Crippen LogP contribution >= 0.6 is 0 Å². The van der Waals surface area contributed by atoms with Gasteiger partial charge in [-0.2, -0.15) is 0 Å². The monoisotopic (exact) mass is 277 g/mol. The molecule has 0 bridgehead atoms. The van der Waals surface area contributed by atoms with Crippen molar-refractivity contribution in [3.8, 4) is 0 Å². The number of anilines is 1. The first-order valence-electron chi connectivity index (χ1n) is 6.59. The minimum absolute atomic E-state index is 0.140. The van der Waals surface area contributed by atoms with E-state index in [1.807, 2.05) is 24.3 Å². The molecule has 0 aliphatic carbocycles. The number of benzene rings is 1. The second-order valence-electron chi connectivity index (χ2n) is 5.96. The molecule has 108 valence electrons. The van der Waals surface area contributed by atoms with E-state index in [9.17, 15) is 14.7 Å². The molecule has 1 aromatic rings. The maximum atomic E-state index is 12.3. The SMILES string of the molecule is CC(C)(C)OC(=O)N1CC(C(=O)O)Cc2ccccc21. The van der Waals surface area contributed by atoms with E-state index in [-0.39, 0.29) is 6.54 Å². The summed E-state index contributed by atoms with van der Waals surface area (Å²) in [5.74, 6) is -1.49. The summed E-state index contributed by atoms with van der Waals surface area (Å²) in [6.07, 6.45) is -0.0685. The fourth-order valence-corrected chi connectivity index (χ4v) is 2.25. The predicted molar refractivity (Wildman–Crippen MR) is 74.9 cm³/mol. The maximum absolute atomic E-state index is 12.3. The van der Waals surface area contributed by atoms with Gasteiger partial charge in [0.2, 0.25) is 0 Å². The van der Waals surface area contributed by atoms with E-state index in [0.29, 0.717) is 6.42 Å². The Labute approximate surface area is 118 Å². The van der Waals surface area contributed by atoms with Gasteiger partial charge in [-0.3, -0.25) is 9.69 Å². The van der Waals surface area contributed by atoms with E-state index in [0.717, 1.165) is 11.3 Å². The first kappa shape index (κ1) is 14.4. The molecule has 0 spiro atoms. The lowest BCUT2D eigenvalue weighted by atomic mass is 9.93. The predicted octanol–water partition coefficient (Wildman–Crippen LogP) is 2.69. The molecule has 0 aromatic heterocycles. The molecule has 1 unspecified atom stereocenters. The number of fused-ring (bicyclic) bond motifs is 1. The molecule has 0 saturated carbocycles. The highest BCUT2D eigenvalue weighted by molar-refractivity contribution is 5.91. The smallest absolute Gasteiger partial charge is 0.414 e. The van der Waals surface area contributed by atoms with Crippen molar-refractivity contribution < 1.29 is 19.4 Å². The molecular formula is C15H19NO4. The lowest BCUT2D eigenvalue weighted by Crippen LogP contribution is -2.44. The molecule has 5 heteroatoms. The van der Waals surface area contributed by atoms with E-state index in [4.69, 9.17) is 4.74 Å². The summed E-state index contributed by atoms with van der Waals surface area (Å²) >= 11 is 0. The number of rotatable bonds is 1. The van der Waals surface area contributed by atoms with E-state index in [1.54, 1.807) is 20.8 Å². The number of carbonyl (C=O) groups is 2. The zero-order valence-electron chi connectivity index (χ0n) is 11.9. The number of nitrogens with zero attached hydrogens (tertiary/aromatic N) is 1. The van der Waals surface area contributed by atoms with Crippen molar-refractivity contribution >= 4 is 17.7 Å². The van der Waals surface area contributed by atoms with E-state index < -0.39 is 23.6 Å². The number of carboxylic acids is 1. The molecule has 1 aliphatic heterocycles. The van der Waals surface area contributed by atoms with Gasteiger partial charge in [0.25, 0.3) is 0 Å². The molecular weight excluding hydrogens is 258 g/mol. The van der Waals surface area contributed by atoms with Crippen LogP contribution in [0, 0.1) is 5.92 Å². The van der Waals surface area contributed by atoms with E-state index >= 15 is 0 Å². The average molecular weight is 277 g/mol. The quantitative estimate of drug-likeness (QED) is 0.857. The molecule has 2 rings (SSSR count). The van der Waals surface area contributed by atoms with Gasteiger partial charge in [0.1, 0.15) is 5.60 Å². The average Bonchev–Trinajstić information content (AvgIpc) is 2.35. The third-order valence-electron chi connectivity index (χ3n) is 3.11. The summed E-state index contributed by atoms with van der Waals surface area (Å²) in [4.78, 5) is 24.9. The molecule has 0 fully saturated rings. The standard InChI is InChI=1S/C15H19NO4/c1-15(2,3)20-14(19)16-9-11(13(17)18)8-10-6-4-5-7-12(10)16/h4-7,11H,8-9H2,1-3H3,(H,17,18). The van der Waals surface area contributed by atoms with Gasteiger partial charge in [0.15, 0.2) is 0 Å². The number of aliphatic carboxylic acids is 1. The van der Waals surface area contributed by atoms with Gasteiger partial charge in [0, 0.05) is 6.54 Å². The summed E-state index contributed by atoms with van der Waals surface area (Å²) in [6.45, 7) is 5.50. The second-order valence-corrected chi connectivity index (χ2v) is 5.96. The zero-order chi connectivity index (χ0) is 14.9. The third kappa shape index (κ3) is 3.10. The minimum atomic E-state index is -0.895. The molecule has 1 N–H and O–H groups in total. The highest BCUT2D eigenvalue weighted by Crippen LogP contribution is 2.30. The van der Waals surface area contributed by atoms with Crippen LogP contribution in [0.2, 0.25) is 0 Å².